The average Bonchev–Trinajstić information content (AvgIpc) is 2.86. The van der Waals surface area contributed by atoms with Crippen molar-refractivity contribution in [2.24, 2.45) is 0 Å². The maximum Gasteiger partial charge on any atom is 0.204 e. The molecule has 0 amide bonds. The largest absolute Gasteiger partial charge is 0.395 e. The number of anilines is 1. The molecule has 0 saturated carbocycles. The van der Waals surface area contributed by atoms with Gasteiger partial charge in [-0.25, -0.2) is 9.37 Å². The van der Waals surface area contributed by atoms with Crippen molar-refractivity contribution in [3.8, 4) is 0 Å². The van der Waals surface area contributed by atoms with Crippen molar-refractivity contribution in [1.29, 1.82) is 0 Å². The summed E-state index contributed by atoms with van der Waals surface area (Å²) in [7, 11) is 0. The lowest BCUT2D eigenvalue weighted by Gasteiger charge is -2.11. The Morgan fingerprint density at radius 1 is 1.23 bits per heavy atom. The maximum absolute atomic E-state index is 14.1. The molecule has 1 aromatic heterocycles. The topological polar surface area (TPSA) is 50.1 Å². The second-order valence-electron chi connectivity index (χ2n) is 4.90. The Hall–Kier alpha value is -1.92. The number of rotatable bonds is 5. The summed E-state index contributed by atoms with van der Waals surface area (Å²) in [5.41, 5.74) is 2.34. The van der Waals surface area contributed by atoms with Gasteiger partial charge < -0.3 is 15.0 Å². The molecule has 1 heterocycles. The zero-order chi connectivity index (χ0) is 15.5. The van der Waals surface area contributed by atoms with Gasteiger partial charge in [0, 0.05) is 16.6 Å². The van der Waals surface area contributed by atoms with Gasteiger partial charge in [0.05, 0.1) is 24.2 Å². The van der Waals surface area contributed by atoms with Gasteiger partial charge in [0.2, 0.25) is 5.95 Å². The Morgan fingerprint density at radius 3 is 2.82 bits per heavy atom. The summed E-state index contributed by atoms with van der Waals surface area (Å²) in [6.45, 7) is 0.773. The lowest BCUT2D eigenvalue weighted by atomic mass is 10.2. The highest BCUT2D eigenvalue weighted by Crippen LogP contribution is 2.23. The molecule has 2 N–H and O–H groups in total. The molecule has 114 valence electrons. The lowest BCUT2D eigenvalue weighted by molar-refractivity contribution is 0.310. The molecule has 3 aromatic rings. The second-order valence-corrected chi connectivity index (χ2v) is 5.81. The number of hydrogen-bond donors (Lipinski definition) is 2. The van der Waals surface area contributed by atoms with Gasteiger partial charge in [-0.1, -0.05) is 34.1 Å². The van der Waals surface area contributed by atoms with Crippen molar-refractivity contribution >= 4 is 32.9 Å². The van der Waals surface area contributed by atoms with Crippen molar-refractivity contribution < 1.29 is 9.50 Å². The molecule has 0 radical (unpaired) electrons. The number of para-hydroxylation sites is 2. The Balaban J connectivity index is 2.03. The smallest absolute Gasteiger partial charge is 0.204 e. The molecule has 0 fully saturated rings. The van der Waals surface area contributed by atoms with Gasteiger partial charge in [-0.2, -0.15) is 0 Å². The summed E-state index contributed by atoms with van der Waals surface area (Å²) in [6.07, 6.45) is 0. The zero-order valence-electron chi connectivity index (χ0n) is 11.8. The van der Waals surface area contributed by atoms with Crippen LogP contribution in [0.4, 0.5) is 10.3 Å². The van der Waals surface area contributed by atoms with E-state index in [1.54, 1.807) is 6.07 Å². The van der Waals surface area contributed by atoms with Gasteiger partial charge in [-0.15, -0.1) is 0 Å². The first-order valence-corrected chi connectivity index (χ1v) is 7.72. The standard InChI is InChI=1S/C16H15BrFN3O/c17-12-6-5-11(13(18)9-12)10-21-15-4-2-1-3-14(15)20-16(21)19-7-8-22/h1-6,9,22H,7-8,10H2,(H,19,20). The summed E-state index contributed by atoms with van der Waals surface area (Å²) in [5.74, 6) is 0.359. The van der Waals surface area contributed by atoms with Crippen LogP contribution in [-0.2, 0) is 6.54 Å². The predicted octanol–water partition coefficient (Wildman–Crippen LogP) is 3.39. The molecular formula is C16H15BrFN3O. The van der Waals surface area contributed by atoms with Crippen molar-refractivity contribution in [2.45, 2.75) is 6.54 Å². The van der Waals surface area contributed by atoms with Crippen LogP contribution >= 0.6 is 15.9 Å². The third kappa shape index (κ3) is 2.98. The van der Waals surface area contributed by atoms with E-state index in [4.69, 9.17) is 5.11 Å². The fourth-order valence-electron chi connectivity index (χ4n) is 2.36. The molecule has 3 rings (SSSR count). The van der Waals surface area contributed by atoms with E-state index in [1.165, 1.54) is 6.07 Å². The summed E-state index contributed by atoms with van der Waals surface area (Å²) in [6, 6.07) is 12.7. The third-order valence-corrected chi connectivity index (χ3v) is 3.89. The third-order valence-electron chi connectivity index (χ3n) is 3.39. The fourth-order valence-corrected chi connectivity index (χ4v) is 2.69. The van der Waals surface area contributed by atoms with Crippen LogP contribution in [0.15, 0.2) is 46.9 Å². The molecule has 0 aliphatic rings. The van der Waals surface area contributed by atoms with Crippen LogP contribution in [0.5, 0.6) is 0 Å². The molecule has 0 saturated heterocycles. The Morgan fingerprint density at radius 2 is 2.05 bits per heavy atom. The van der Waals surface area contributed by atoms with E-state index < -0.39 is 0 Å². The molecule has 6 heteroatoms. The first-order valence-electron chi connectivity index (χ1n) is 6.93. The van der Waals surface area contributed by atoms with Crippen molar-refractivity contribution in [1.82, 2.24) is 9.55 Å². The normalized spacial score (nSPS) is 11.0. The van der Waals surface area contributed by atoms with Crippen molar-refractivity contribution in [3.63, 3.8) is 0 Å². The summed E-state index contributed by atoms with van der Waals surface area (Å²) in [5, 5.41) is 12.1. The van der Waals surface area contributed by atoms with E-state index in [-0.39, 0.29) is 12.4 Å². The number of halogens is 2. The van der Waals surface area contributed by atoms with Gasteiger partial charge in [0.1, 0.15) is 5.82 Å². The second kappa shape index (κ2) is 6.46. The monoisotopic (exact) mass is 363 g/mol. The minimum atomic E-state index is -0.264. The Bertz CT molecular complexity index is 803. The van der Waals surface area contributed by atoms with Crippen LogP contribution in [0.25, 0.3) is 11.0 Å². The predicted molar refractivity (Wildman–Crippen MR) is 88.5 cm³/mol. The average molecular weight is 364 g/mol. The Labute approximate surface area is 135 Å². The van der Waals surface area contributed by atoms with Crippen LogP contribution in [0.3, 0.4) is 0 Å². The molecule has 0 atom stereocenters. The van der Waals surface area contributed by atoms with Crippen molar-refractivity contribution in [2.75, 3.05) is 18.5 Å². The summed E-state index contributed by atoms with van der Waals surface area (Å²) < 4.78 is 16.7. The molecule has 4 nitrogen and oxygen atoms in total. The highest BCUT2D eigenvalue weighted by Gasteiger charge is 2.12. The van der Waals surface area contributed by atoms with Crippen LogP contribution in [0.1, 0.15) is 5.56 Å². The van der Waals surface area contributed by atoms with E-state index in [2.05, 4.69) is 26.2 Å². The van der Waals surface area contributed by atoms with E-state index >= 15 is 0 Å². The van der Waals surface area contributed by atoms with Gasteiger partial charge in [-0.3, -0.25) is 0 Å². The molecular weight excluding hydrogens is 349 g/mol. The minimum absolute atomic E-state index is 0.00977. The number of aliphatic hydroxyl groups is 1. The minimum Gasteiger partial charge on any atom is -0.395 e. The van der Waals surface area contributed by atoms with Crippen molar-refractivity contribution in [3.05, 3.63) is 58.3 Å². The SMILES string of the molecule is OCCNc1nc2ccccc2n1Cc1ccc(Br)cc1F. The number of benzene rings is 2. The first kappa shape index (κ1) is 15.0. The Kier molecular flexibility index (Phi) is 4.40. The molecule has 0 unspecified atom stereocenters. The summed E-state index contributed by atoms with van der Waals surface area (Å²) in [4.78, 5) is 4.50. The molecule has 0 aliphatic heterocycles. The molecule has 0 aliphatic carbocycles. The highest BCUT2D eigenvalue weighted by molar-refractivity contribution is 9.10. The van der Waals surface area contributed by atoms with Crippen LogP contribution in [0, 0.1) is 5.82 Å². The highest BCUT2D eigenvalue weighted by atomic mass is 79.9. The van der Waals surface area contributed by atoms with Gasteiger partial charge in [0.15, 0.2) is 0 Å². The van der Waals surface area contributed by atoms with Crippen LogP contribution in [0.2, 0.25) is 0 Å². The number of imidazole rings is 1. The van der Waals surface area contributed by atoms with E-state index in [1.807, 2.05) is 34.9 Å². The number of nitrogens with zero attached hydrogens (tertiary/aromatic N) is 2. The number of fused-ring (bicyclic) bond motifs is 1. The molecule has 22 heavy (non-hydrogen) atoms. The van der Waals surface area contributed by atoms with Gasteiger partial charge >= 0.3 is 0 Å². The number of hydrogen-bond acceptors (Lipinski definition) is 3. The maximum atomic E-state index is 14.1. The number of aromatic nitrogens is 2. The fraction of sp³-hybridized carbons (Fsp3) is 0.188. The number of aliphatic hydroxyl groups excluding tert-OH is 1. The quantitative estimate of drug-likeness (QED) is 0.730. The summed E-state index contributed by atoms with van der Waals surface area (Å²) >= 11 is 3.26. The van der Waals surface area contributed by atoms with E-state index in [0.717, 1.165) is 11.0 Å². The van der Waals surface area contributed by atoms with Crippen LogP contribution < -0.4 is 5.32 Å². The van der Waals surface area contributed by atoms with Gasteiger partial charge in [0.25, 0.3) is 0 Å². The zero-order valence-corrected chi connectivity index (χ0v) is 13.3. The van der Waals surface area contributed by atoms with E-state index in [0.29, 0.717) is 29.1 Å². The van der Waals surface area contributed by atoms with E-state index in [9.17, 15) is 4.39 Å². The molecule has 0 spiro atoms. The molecule has 0 bridgehead atoms. The molecule has 2 aromatic carbocycles. The van der Waals surface area contributed by atoms with Crippen LogP contribution in [-0.4, -0.2) is 27.8 Å². The first-order chi connectivity index (χ1) is 10.7. The lowest BCUT2D eigenvalue weighted by Crippen LogP contribution is -2.12. The number of nitrogens with one attached hydrogen (secondary N) is 1. The van der Waals surface area contributed by atoms with Gasteiger partial charge in [-0.05, 0) is 24.3 Å².